The van der Waals surface area contributed by atoms with E-state index in [9.17, 15) is 15.2 Å². The third-order valence-electron chi connectivity index (χ3n) is 2.60. The van der Waals surface area contributed by atoms with Crippen molar-refractivity contribution >= 4 is 18.1 Å². The number of nitro groups is 1. The highest BCUT2D eigenvalue weighted by molar-refractivity contribution is 5.85. The van der Waals surface area contributed by atoms with Crippen LogP contribution in [-0.2, 0) is 0 Å². The maximum absolute atomic E-state index is 10.8. The summed E-state index contributed by atoms with van der Waals surface area (Å²) >= 11 is 0. The second-order valence-corrected chi connectivity index (χ2v) is 3.82. The average molecular weight is 289 g/mol. The van der Waals surface area contributed by atoms with Gasteiger partial charge < -0.3 is 15.6 Å². The number of halogens is 1. The maximum atomic E-state index is 10.8. The highest BCUT2D eigenvalue weighted by atomic mass is 35.5. The van der Waals surface area contributed by atoms with E-state index in [1.165, 1.54) is 19.2 Å². The van der Waals surface area contributed by atoms with Gasteiger partial charge in [-0.25, -0.2) is 0 Å². The van der Waals surface area contributed by atoms with Crippen molar-refractivity contribution in [3.8, 4) is 11.5 Å². The first-order valence-corrected chi connectivity index (χ1v) is 5.43. The smallest absolute Gasteiger partial charge is 0.273 e. The number of ether oxygens (including phenoxy) is 1. The van der Waals surface area contributed by atoms with Crippen molar-refractivity contribution in [2.24, 2.45) is 5.73 Å². The average Bonchev–Trinajstić information content (AvgIpc) is 2.35. The standard InChI is InChI=1S/C12H16N2O4.ClH/c1-3-4-5-10(13)9-6-8(14(16)17)7-11(18-2)12(9)15;/h3,6-7,10,15H,1,4-5,13H2,2H3;1H/t10-;/m1./s1. The normalized spacial score (nSPS) is 11.3. The minimum Gasteiger partial charge on any atom is -0.504 e. The molecule has 0 unspecified atom stereocenters. The molecule has 1 aromatic rings. The molecule has 0 saturated heterocycles. The number of hydrogen-bond acceptors (Lipinski definition) is 5. The van der Waals surface area contributed by atoms with Crippen LogP contribution in [0.2, 0.25) is 0 Å². The molecule has 1 atom stereocenters. The Morgan fingerprint density at radius 3 is 2.74 bits per heavy atom. The van der Waals surface area contributed by atoms with E-state index in [1.807, 2.05) is 0 Å². The van der Waals surface area contributed by atoms with Crippen LogP contribution < -0.4 is 10.5 Å². The number of allylic oxidation sites excluding steroid dienone is 1. The molecular weight excluding hydrogens is 272 g/mol. The van der Waals surface area contributed by atoms with Gasteiger partial charge in [-0.3, -0.25) is 10.1 Å². The van der Waals surface area contributed by atoms with Crippen molar-refractivity contribution < 1.29 is 14.8 Å². The molecule has 0 fully saturated rings. The third kappa shape index (κ3) is 4.11. The van der Waals surface area contributed by atoms with Crippen LogP contribution in [0.5, 0.6) is 11.5 Å². The molecular formula is C12H17ClN2O4. The molecule has 0 heterocycles. The molecule has 0 amide bonds. The lowest BCUT2D eigenvalue weighted by atomic mass is 10.0. The number of rotatable bonds is 6. The predicted molar refractivity (Wildman–Crippen MR) is 74.9 cm³/mol. The molecule has 106 valence electrons. The molecule has 0 radical (unpaired) electrons. The maximum Gasteiger partial charge on any atom is 0.273 e. The first kappa shape index (κ1) is 17.2. The second-order valence-electron chi connectivity index (χ2n) is 3.82. The molecule has 3 N–H and O–H groups in total. The Balaban J connectivity index is 0.00000324. The lowest BCUT2D eigenvalue weighted by Crippen LogP contribution is -2.11. The van der Waals surface area contributed by atoms with Gasteiger partial charge in [0, 0.05) is 17.7 Å². The van der Waals surface area contributed by atoms with E-state index in [0.29, 0.717) is 18.4 Å². The van der Waals surface area contributed by atoms with Gasteiger partial charge in [0.2, 0.25) is 0 Å². The Hall–Kier alpha value is -1.79. The third-order valence-corrected chi connectivity index (χ3v) is 2.60. The molecule has 6 nitrogen and oxygen atoms in total. The SMILES string of the molecule is C=CCC[C@@H](N)c1cc([N+](=O)[O-])cc(OC)c1O.Cl. The number of nitrogens with two attached hydrogens (primary N) is 1. The molecule has 0 aromatic heterocycles. The number of benzene rings is 1. The number of nitrogens with zero attached hydrogens (tertiary/aromatic N) is 1. The van der Waals surface area contributed by atoms with E-state index in [1.54, 1.807) is 6.08 Å². The molecule has 0 saturated carbocycles. The predicted octanol–water partition coefficient (Wildman–Crippen LogP) is 2.70. The Morgan fingerprint density at radius 2 is 2.26 bits per heavy atom. The zero-order chi connectivity index (χ0) is 13.7. The van der Waals surface area contributed by atoms with Crippen molar-refractivity contribution in [1.29, 1.82) is 0 Å². The number of phenolic OH excluding ortho intramolecular Hbond substituents is 1. The summed E-state index contributed by atoms with van der Waals surface area (Å²) in [6.07, 6.45) is 2.90. The molecule has 0 aliphatic carbocycles. The van der Waals surface area contributed by atoms with E-state index in [2.05, 4.69) is 6.58 Å². The first-order chi connectivity index (χ1) is 8.51. The zero-order valence-corrected chi connectivity index (χ0v) is 11.4. The summed E-state index contributed by atoms with van der Waals surface area (Å²) in [5.74, 6) is -0.104. The summed E-state index contributed by atoms with van der Waals surface area (Å²) in [7, 11) is 1.33. The summed E-state index contributed by atoms with van der Waals surface area (Å²) in [4.78, 5) is 10.2. The summed E-state index contributed by atoms with van der Waals surface area (Å²) < 4.78 is 4.90. The van der Waals surface area contributed by atoms with Gasteiger partial charge in [0.25, 0.3) is 5.69 Å². The van der Waals surface area contributed by atoms with Crippen molar-refractivity contribution in [2.45, 2.75) is 18.9 Å². The van der Waals surface area contributed by atoms with Crippen LogP contribution in [0.1, 0.15) is 24.4 Å². The number of phenols is 1. The molecule has 0 bridgehead atoms. The molecule has 0 aliphatic heterocycles. The van der Waals surface area contributed by atoms with Gasteiger partial charge in [0.05, 0.1) is 18.1 Å². The van der Waals surface area contributed by atoms with Gasteiger partial charge in [-0.15, -0.1) is 19.0 Å². The van der Waals surface area contributed by atoms with Crippen molar-refractivity contribution in [1.82, 2.24) is 0 Å². The van der Waals surface area contributed by atoms with Crippen LogP contribution >= 0.6 is 12.4 Å². The molecule has 0 aliphatic rings. The number of hydrogen-bond donors (Lipinski definition) is 2. The van der Waals surface area contributed by atoms with E-state index in [0.717, 1.165) is 0 Å². The van der Waals surface area contributed by atoms with Crippen LogP contribution in [0.15, 0.2) is 24.8 Å². The van der Waals surface area contributed by atoms with Crippen molar-refractivity contribution in [2.75, 3.05) is 7.11 Å². The Bertz CT molecular complexity index is 465. The quantitative estimate of drug-likeness (QED) is 0.476. The lowest BCUT2D eigenvalue weighted by molar-refractivity contribution is -0.385. The van der Waals surface area contributed by atoms with Gasteiger partial charge in [-0.05, 0) is 12.8 Å². The van der Waals surface area contributed by atoms with Gasteiger partial charge in [0.1, 0.15) is 0 Å². The van der Waals surface area contributed by atoms with Crippen LogP contribution in [0.4, 0.5) is 5.69 Å². The Morgan fingerprint density at radius 1 is 1.63 bits per heavy atom. The highest BCUT2D eigenvalue weighted by Gasteiger charge is 2.20. The summed E-state index contributed by atoms with van der Waals surface area (Å²) in [5, 5.41) is 20.7. The van der Waals surface area contributed by atoms with Gasteiger partial charge >= 0.3 is 0 Å². The fourth-order valence-corrected chi connectivity index (χ4v) is 1.61. The molecule has 19 heavy (non-hydrogen) atoms. The monoisotopic (exact) mass is 288 g/mol. The zero-order valence-electron chi connectivity index (χ0n) is 10.5. The lowest BCUT2D eigenvalue weighted by Gasteiger charge is -2.14. The van der Waals surface area contributed by atoms with E-state index in [4.69, 9.17) is 10.5 Å². The Labute approximate surface area is 117 Å². The first-order valence-electron chi connectivity index (χ1n) is 5.43. The minimum atomic E-state index is -0.550. The molecule has 1 aromatic carbocycles. The summed E-state index contributed by atoms with van der Waals surface area (Å²) in [6, 6.07) is 1.93. The fraction of sp³-hybridized carbons (Fsp3) is 0.333. The van der Waals surface area contributed by atoms with E-state index < -0.39 is 11.0 Å². The number of aromatic hydroxyl groups is 1. The minimum absolute atomic E-state index is 0. The van der Waals surface area contributed by atoms with Gasteiger partial charge in [-0.1, -0.05) is 6.08 Å². The van der Waals surface area contributed by atoms with Gasteiger partial charge in [0.15, 0.2) is 11.5 Å². The number of nitro benzene ring substituents is 1. The highest BCUT2D eigenvalue weighted by Crippen LogP contribution is 2.38. The van der Waals surface area contributed by atoms with E-state index in [-0.39, 0.29) is 29.6 Å². The number of non-ortho nitro benzene ring substituents is 1. The summed E-state index contributed by atoms with van der Waals surface area (Å²) in [5.41, 5.74) is 6.04. The molecule has 1 rings (SSSR count). The van der Waals surface area contributed by atoms with Crippen molar-refractivity contribution in [3.05, 3.63) is 40.5 Å². The van der Waals surface area contributed by atoms with Crippen LogP contribution in [-0.4, -0.2) is 17.1 Å². The summed E-state index contributed by atoms with van der Waals surface area (Å²) in [6.45, 7) is 3.58. The van der Waals surface area contributed by atoms with Crippen LogP contribution in [0.3, 0.4) is 0 Å². The topological polar surface area (TPSA) is 98.6 Å². The number of methoxy groups -OCH3 is 1. The largest absolute Gasteiger partial charge is 0.504 e. The van der Waals surface area contributed by atoms with Gasteiger partial charge in [-0.2, -0.15) is 0 Å². The molecule has 7 heteroatoms. The van der Waals surface area contributed by atoms with E-state index >= 15 is 0 Å². The molecule has 0 spiro atoms. The second kappa shape index (κ2) is 7.60. The Kier molecular flexibility index (Phi) is 6.89. The van der Waals surface area contributed by atoms with Crippen LogP contribution in [0, 0.1) is 10.1 Å². The fourth-order valence-electron chi connectivity index (χ4n) is 1.61. The van der Waals surface area contributed by atoms with Crippen LogP contribution in [0.25, 0.3) is 0 Å². The van der Waals surface area contributed by atoms with Crippen molar-refractivity contribution in [3.63, 3.8) is 0 Å².